The maximum absolute atomic E-state index is 10.2. The van der Waals surface area contributed by atoms with Crippen molar-refractivity contribution in [1.29, 1.82) is 0 Å². The van der Waals surface area contributed by atoms with E-state index in [1.807, 2.05) is 0 Å². The van der Waals surface area contributed by atoms with Gasteiger partial charge in [-0.2, -0.15) is 0 Å². The predicted molar refractivity (Wildman–Crippen MR) is 45.2 cm³/mol. The van der Waals surface area contributed by atoms with Crippen molar-refractivity contribution in [3.8, 4) is 0 Å². The standard InChI is InChI=1S/C10H14O/c1-8-4-2-5-9-6-3-7-10(8,9)11/h2,4-5,8,11H,3,6-7H2,1H3. The van der Waals surface area contributed by atoms with Gasteiger partial charge in [-0.05, 0) is 24.8 Å². The van der Waals surface area contributed by atoms with Gasteiger partial charge in [0.2, 0.25) is 0 Å². The van der Waals surface area contributed by atoms with Crippen LogP contribution >= 0.6 is 0 Å². The lowest BCUT2D eigenvalue weighted by atomic mass is 9.81. The average Bonchev–Trinajstić information content (AvgIpc) is 2.34. The highest BCUT2D eigenvalue weighted by Gasteiger charge is 2.40. The van der Waals surface area contributed by atoms with Crippen molar-refractivity contribution < 1.29 is 5.11 Å². The summed E-state index contributed by atoms with van der Waals surface area (Å²) >= 11 is 0. The summed E-state index contributed by atoms with van der Waals surface area (Å²) in [6.45, 7) is 2.09. The van der Waals surface area contributed by atoms with Crippen molar-refractivity contribution in [2.45, 2.75) is 31.8 Å². The number of allylic oxidation sites excluding steroid dienone is 2. The summed E-state index contributed by atoms with van der Waals surface area (Å²) < 4.78 is 0. The Morgan fingerprint density at radius 3 is 3.18 bits per heavy atom. The quantitative estimate of drug-likeness (QED) is 0.560. The van der Waals surface area contributed by atoms with Gasteiger partial charge in [-0.3, -0.25) is 0 Å². The molecule has 2 aliphatic carbocycles. The molecule has 0 aromatic carbocycles. The van der Waals surface area contributed by atoms with Gasteiger partial charge in [0.1, 0.15) is 0 Å². The molecule has 0 aliphatic heterocycles. The van der Waals surface area contributed by atoms with Gasteiger partial charge in [0.05, 0.1) is 5.60 Å². The van der Waals surface area contributed by atoms with Crippen LogP contribution in [0.2, 0.25) is 0 Å². The van der Waals surface area contributed by atoms with Crippen LogP contribution < -0.4 is 0 Å². The Bertz CT molecular complexity index is 227. The summed E-state index contributed by atoms with van der Waals surface area (Å²) in [5.74, 6) is 0.310. The molecule has 1 heteroatoms. The van der Waals surface area contributed by atoms with Crippen LogP contribution in [0.3, 0.4) is 0 Å². The van der Waals surface area contributed by atoms with Gasteiger partial charge < -0.3 is 5.11 Å². The first-order valence-corrected chi connectivity index (χ1v) is 4.34. The maximum atomic E-state index is 10.2. The van der Waals surface area contributed by atoms with E-state index in [0.717, 1.165) is 19.3 Å². The zero-order valence-corrected chi connectivity index (χ0v) is 6.88. The van der Waals surface area contributed by atoms with Crippen molar-refractivity contribution >= 4 is 0 Å². The van der Waals surface area contributed by atoms with Crippen molar-refractivity contribution in [3.63, 3.8) is 0 Å². The Morgan fingerprint density at radius 2 is 2.45 bits per heavy atom. The number of aliphatic hydroxyl groups is 1. The van der Waals surface area contributed by atoms with E-state index in [9.17, 15) is 5.11 Å². The van der Waals surface area contributed by atoms with Gasteiger partial charge >= 0.3 is 0 Å². The Morgan fingerprint density at radius 1 is 1.64 bits per heavy atom. The molecule has 2 rings (SSSR count). The molecule has 0 heterocycles. The molecule has 60 valence electrons. The molecule has 2 unspecified atom stereocenters. The van der Waals surface area contributed by atoms with E-state index in [1.54, 1.807) is 0 Å². The minimum absolute atomic E-state index is 0.310. The molecule has 2 aliphatic rings. The van der Waals surface area contributed by atoms with Crippen LogP contribution in [-0.2, 0) is 0 Å². The topological polar surface area (TPSA) is 20.2 Å². The van der Waals surface area contributed by atoms with Crippen LogP contribution in [0.4, 0.5) is 0 Å². The first-order valence-electron chi connectivity index (χ1n) is 4.34. The fourth-order valence-electron chi connectivity index (χ4n) is 2.17. The molecule has 1 nitrogen and oxygen atoms in total. The Hall–Kier alpha value is -0.560. The lowest BCUT2D eigenvalue weighted by Crippen LogP contribution is -2.35. The SMILES string of the molecule is CC1C=CC=C2CCCC21O. The van der Waals surface area contributed by atoms with Gasteiger partial charge in [-0.15, -0.1) is 0 Å². The highest BCUT2D eigenvalue weighted by Crippen LogP contribution is 2.42. The van der Waals surface area contributed by atoms with Crippen LogP contribution in [0.5, 0.6) is 0 Å². The molecule has 11 heavy (non-hydrogen) atoms. The molecule has 1 saturated carbocycles. The predicted octanol–water partition coefficient (Wildman–Crippen LogP) is 2.03. The lowest BCUT2D eigenvalue weighted by molar-refractivity contribution is 0.0475. The van der Waals surface area contributed by atoms with E-state index in [4.69, 9.17) is 0 Å². The molecule has 1 N–H and O–H groups in total. The molecule has 0 radical (unpaired) electrons. The first kappa shape index (κ1) is 7.11. The normalized spacial score (nSPS) is 42.0. The monoisotopic (exact) mass is 150 g/mol. The third-order valence-electron chi connectivity index (χ3n) is 3.01. The number of rotatable bonds is 0. The molecule has 1 fully saturated rings. The second-order valence-corrected chi connectivity index (χ2v) is 3.64. The fraction of sp³-hybridized carbons (Fsp3) is 0.600. The van der Waals surface area contributed by atoms with Gasteiger partial charge in [0.15, 0.2) is 0 Å². The van der Waals surface area contributed by atoms with Gasteiger partial charge in [-0.25, -0.2) is 0 Å². The first-order chi connectivity index (χ1) is 5.23. The highest BCUT2D eigenvalue weighted by molar-refractivity contribution is 5.32. The van der Waals surface area contributed by atoms with Crippen LogP contribution in [0.1, 0.15) is 26.2 Å². The number of hydrogen-bond acceptors (Lipinski definition) is 1. The maximum Gasteiger partial charge on any atom is 0.0919 e. The highest BCUT2D eigenvalue weighted by atomic mass is 16.3. The third kappa shape index (κ3) is 0.875. The van der Waals surface area contributed by atoms with Crippen LogP contribution in [0.25, 0.3) is 0 Å². The summed E-state index contributed by atoms with van der Waals surface area (Å²) in [4.78, 5) is 0. The Labute approximate surface area is 67.4 Å². The summed E-state index contributed by atoms with van der Waals surface area (Å²) in [6.07, 6.45) is 9.42. The molecule has 2 atom stereocenters. The molecular formula is C10H14O. The van der Waals surface area contributed by atoms with E-state index in [0.29, 0.717) is 5.92 Å². The minimum Gasteiger partial charge on any atom is -0.385 e. The van der Waals surface area contributed by atoms with E-state index in [-0.39, 0.29) is 0 Å². The largest absolute Gasteiger partial charge is 0.385 e. The molecule has 0 amide bonds. The fourth-order valence-corrected chi connectivity index (χ4v) is 2.17. The number of hydrogen-bond donors (Lipinski definition) is 1. The van der Waals surface area contributed by atoms with Crippen LogP contribution in [0, 0.1) is 5.92 Å². The zero-order chi connectivity index (χ0) is 7.90. The molecular weight excluding hydrogens is 136 g/mol. The van der Waals surface area contributed by atoms with Gasteiger partial charge in [0.25, 0.3) is 0 Å². The van der Waals surface area contributed by atoms with E-state index < -0.39 is 5.60 Å². The average molecular weight is 150 g/mol. The molecule has 0 aromatic heterocycles. The number of fused-ring (bicyclic) bond motifs is 1. The van der Waals surface area contributed by atoms with E-state index >= 15 is 0 Å². The van der Waals surface area contributed by atoms with Crippen LogP contribution in [-0.4, -0.2) is 10.7 Å². The molecule has 0 aromatic rings. The molecule has 0 bridgehead atoms. The zero-order valence-electron chi connectivity index (χ0n) is 6.88. The van der Waals surface area contributed by atoms with Crippen LogP contribution in [0.15, 0.2) is 23.8 Å². The van der Waals surface area contributed by atoms with Gasteiger partial charge in [0, 0.05) is 5.92 Å². The molecule has 0 spiro atoms. The Balaban J connectivity index is 2.38. The summed E-state index contributed by atoms with van der Waals surface area (Å²) in [7, 11) is 0. The Kier molecular flexibility index (Phi) is 1.43. The minimum atomic E-state index is -0.477. The summed E-state index contributed by atoms with van der Waals surface area (Å²) in [5.41, 5.74) is 0.766. The van der Waals surface area contributed by atoms with E-state index in [2.05, 4.69) is 25.2 Å². The van der Waals surface area contributed by atoms with Crippen molar-refractivity contribution in [2.24, 2.45) is 5.92 Å². The van der Waals surface area contributed by atoms with E-state index in [1.165, 1.54) is 5.57 Å². The smallest absolute Gasteiger partial charge is 0.0919 e. The summed E-state index contributed by atoms with van der Waals surface area (Å²) in [5, 5.41) is 10.2. The second kappa shape index (κ2) is 2.21. The van der Waals surface area contributed by atoms with Crippen molar-refractivity contribution in [3.05, 3.63) is 23.8 Å². The molecule has 0 saturated heterocycles. The second-order valence-electron chi connectivity index (χ2n) is 3.64. The summed E-state index contributed by atoms with van der Waals surface area (Å²) in [6, 6.07) is 0. The van der Waals surface area contributed by atoms with Crippen molar-refractivity contribution in [2.75, 3.05) is 0 Å². The third-order valence-corrected chi connectivity index (χ3v) is 3.01. The lowest BCUT2D eigenvalue weighted by Gasteiger charge is -2.31. The van der Waals surface area contributed by atoms with Gasteiger partial charge in [-0.1, -0.05) is 25.2 Å². The van der Waals surface area contributed by atoms with Crippen molar-refractivity contribution in [1.82, 2.24) is 0 Å².